The number of piperazine rings is 1. The molecule has 0 unspecified atom stereocenters. The Morgan fingerprint density at radius 2 is 1.71 bits per heavy atom. The number of carbonyl (C=O) groups is 3. The molecule has 0 spiro atoms. The number of ether oxygens (including phenoxy) is 2. The van der Waals surface area contributed by atoms with Crippen LogP contribution in [0.3, 0.4) is 0 Å². The molecule has 2 aromatic rings. The van der Waals surface area contributed by atoms with Gasteiger partial charge in [-0.2, -0.15) is 0 Å². The van der Waals surface area contributed by atoms with Crippen LogP contribution in [-0.4, -0.2) is 127 Å². The van der Waals surface area contributed by atoms with Crippen molar-refractivity contribution in [3.8, 4) is 5.75 Å². The van der Waals surface area contributed by atoms with Crippen LogP contribution in [0.2, 0.25) is 10.0 Å². The third kappa shape index (κ3) is 7.40. The molecule has 2 atom stereocenters. The van der Waals surface area contributed by atoms with Crippen molar-refractivity contribution in [2.24, 2.45) is 0 Å². The third-order valence-corrected chi connectivity index (χ3v) is 11.5. The minimum absolute atomic E-state index is 0.0208. The van der Waals surface area contributed by atoms with E-state index in [0.29, 0.717) is 61.5 Å². The van der Waals surface area contributed by atoms with Gasteiger partial charge in [0.2, 0.25) is 0 Å². The second kappa shape index (κ2) is 15.2. The fraction of sp³-hybridized carbons (Fsp3) is 0.571. The van der Waals surface area contributed by atoms with Gasteiger partial charge in [0.25, 0.3) is 0 Å². The van der Waals surface area contributed by atoms with E-state index in [1.165, 1.54) is 0 Å². The lowest BCUT2D eigenvalue weighted by Gasteiger charge is -2.57. The van der Waals surface area contributed by atoms with Gasteiger partial charge in [0.1, 0.15) is 24.3 Å². The quantitative estimate of drug-likeness (QED) is 0.376. The van der Waals surface area contributed by atoms with Gasteiger partial charge in [-0.1, -0.05) is 29.3 Å². The summed E-state index contributed by atoms with van der Waals surface area (Å²) in [5.74, 6) is 0.744. The number of piperidine rings is 2. The van der Waals surface area contributed by atoms with Gasteiger partial charge >= 0.3 is 12.1 Å². The molecular formula is C35H46Cl2N6O5. The van der Waals surface area contributed by atoms with Crippen LogP contribution in [0.4, 0.5) is 15.3 Å². The Morgan fingerprint density at radius 1 is 0.958 bits per heavy atom. The first-order valence-corrected chi connectivity index (χ1v) is 17.7. The molecule has 48 heavy (non-hydrogen) atoms. The number of halogens is 2. The highest BCUT2D eigenvalue weighted by Crippen LogP contribution is 2.39. The molecule has 4 aliphatic heterocycles. The zero-order chi connectivity index (χ0) is 33.8. The number of anilines is 1. The molecule has 11 nitrogen and oxygen atoms in total. The van der Waals surface area contributed by atoms with Crippen LogP contribution < -0.4 is 10.1 Å². The van der Waals surface area contributed by atoms with Gasteiger partial charge in [0.15, 0.2) is 0 Å². The molecule has 3 saturated heterocycles. The molecule has 260 valence electrons. The molecule has 13 heteroatoms. The van der Waals surface area contributed by atoms with Crippen molar-refractivity contribution in [2.45, 2.75) is 62.9 Å². The minimum Gasteiger partial charge on any atom is -0.497 e. The van der Waals surface area contributed by atoms with E-state index >= 15 is 0 Å². The molecule has 2 aromatic carbocycles. The number of carbonyl (C=O) groups excluding carboxylic acids is 3. The number of rotatable bonds is 8. The largest absolute Gasteiger partial charge is 0.497 e. The average Bonchev–Trinajstić information content (AvgIpc) is 3.26. The second-order valence-electron chi connectivity index (χ2n) is 13.4. The molecule has 3 amide bonds. The maximum atomic E-state index is 14.0. The van der Waals surface area contributed by atoms with Crippen molar-refractivity contribution >= 4 is 47.3 Å². The fourth-order valence-corrected chi connectivity index (χ4v) is 8.30. The first kappa shape index (κ1) is 34.8. The Morgan fingerprint density at radius 3 is 2.42 bits per heavy atom. The molecule has 0 saturated carbocycles. The first-order chi connectivity index (χ1) is 23.2. The van der Waals surface area contributed by atoms with Gasteiger partial charge in [-0.25, -0.2) is 9.59 Å². The van der Waals surface area contributed by atoms with E-state index in [2.05, 4.69) is 27.1 Å². The van der Waals surface area contributed by atoms with E-state index in [-0.39, 0.29) is 25.1 Å². The lowest BCUT2D eigenvalue weighted by molar-refractivity contribution is -0.130. The van der Waals surface area contributed by atoms with E-state index in [1.54, 1.807) is 30.2 Å². The number of amides is 3. The van der Waals surface area contributed by atoms with E-state index < -0.39 is 11.8 Å². The number of methoxy groups -OCH3 is 1. The van der Waals surface area contributed by atoms with Crippen LogP contribution in [-0.2, 0) is 22.6 Å². The zero-order valence-electron chi connectivity index (χ0n) is 27.8. The van der Waals surface area contributed by atoms with Gasteiger partial charge in [-0.15, -0.1) is 0 Å². The third-order valence-electron chi connectivity index (χ3n) is 10.7. The predicted molar refractivity (Wildman–Crippen MR) is 186 cm³/mol. The van der Waals surface area contributed by atoms with Crippen molar-refractivity contribution < 1.29 is 23.9 Å². The van der Waals surface area contributed by atoms with Gasteiger partial charge in [0.05, 0.1) is 17.2 Å². The van der Waals surface area contributed by atoms with Crippen LogP contribution >= 0.6 is 23.2 Å². The minimum atomic E-state index is -0.944. The number of hydrogen-bond acceptors (Lipinski definition) is 8. The Hall–Kier alpha value is -3.09. The molecule has 1 N–H and O–H groups in total. The molecule has 0 bridgehead atoms. The lowest BCUT2D eigenvalue weighted by Crippen LogP contribution is -2.71. The number of nitrogens with zero attached hydrogens (tertiary/aromatic N) is 5. The van der Waals surface area contributed by atoms with E-state index in [1.807, 2.05) is 23.1 Å². The standard InChI is InChI=1S/C35H46Cl2N6O5/c1-39-12-8-27(9-13-39)40-16-18-41(19-17-40)35(11-20-44)23-28(42-14-7-26-22-29(47-2)4-6-32(26)38-33(42)45)10-15-43(35)34(46)48-24-25-3-5-30(36)31(37)21-25/h3-6,20-22,27-28H,7-19,23-24H2,1-2H3,(H,38,45)/t28-,35+/m1/s1. The van der Waals surface area contributed by atoms with Crippen molar-refractivity contribution in [1.29, 1.82) is 0 Å². The van der Waals surface area contributed by atoms with Gasteiger partial charge in [-0.3, -0.25) is 14.7 Å². The zero-order valence-corrected chi connectivity index (χ0v) is 29.3. The van der Waals surface area contributed by atoms with Gasteiger partial charge in [-0.05, 0) is 87.3 Å². The highest BCUT2D eigenvalue weighted by atomic mass is 35.5. The summed E-state index contributed by atoms with van der Waals surface area (Å²) < 4.78 is 11.3. The van der Waals surface area contributed by atoms with Crippen LogP contribution in [0.25, 0.3) is 0 Å². The topological polar surface area (TPSA) is 97.9 Å². The first-order valence-electron chi connectivity index (χ1n) is 16.9. The molecule has 6 rings (SSSR count). The van der Waals surface area contributed by atoms with Crippen molar-refractivity contribution in [3.05, 3.63) is 57.6 Å². The van der Waals surface area contributed by atoms with E-state index in [9.17, 15) is 14.4 Å². The summed E-state index contributed by atoms with van der Waals surface area (Å²) in [5, 5.41) is 3.92. The second-order valence-corrected chi connectivity index (χ2v) is 14.2. The Labute approximate surface area is 293 Å². The summed E-state index contributed by atoms with van der Waals surface area (Å²) in [4.78, 5) is 51.1. The molecule has 4 aliphatic rings. The highest BCUT2D eigenvalue weighted by molar-refractivity contribution is 6.42. The molecule has 0 radical (unpaired) electrons. The Bertz CT molecular complexity index is 1480. The fourth-order valence-electron chi connectivity index (χ4n) is 7.98. The van der Waals surface area contributed by atoms with Crippen LogP contribution in [0, 0.1) is 0 Å². The monoisotopic (exact) mass is 700 g/mol. The summed E-state index contributed by atoms with van der Waals surface area (Å²) in [6.45, 7) is 6.19. The Balaban J connectivity index is 1.23. The summed E-state index contributed by atoms with van der Waals surface area (Å²) in [6, 6.07) is 11.0. The average molecular weight is 702 g/mol. The maximum absolute atomic E-state index is 14.0. The number of benzene rings is 2. The number of likely N-dealkylation sites (tertiary alicyclic amines) is 2. The molecule has 4 heterocycles. The van der Waals surface area contributed by atoms with E-state index in [0.717, 1.165) is 67.9 Å². The van der Waals surface area contributed by atoms with Gasteiger partial charge in [0, 0.05) is 69.9 Å². The summed E-state index contributed by atoms with van der Waals surface area (Å²) >= 11 is 12.3. The number of aldehydes is 1. The molecule has 3 fully saturated rings. The van der Waals surface area contributed by atoms with Crippen molar-refractivity contribution in [1.82, 2.24) is 24.5 Å². The molecule has 0 aliphatic carbocycles. The van der Waals surface area contributed by atoms with Crippen LogP contribution in [0.5, 0.6) is 5.75 Å². The maximum Gasteiger partial charge on any atom is 0.411 e. The number of urea groups is 1. The normalized spacial score (nSPS) is 24.8. The molecular weight excluding hydrogens is 655 g/mol. The van der Waals surface area contributed by atoms with Crippen LogP contribution in [0.15, 0.2) is 36.4 Å². The lowest BCUT2D eigenvalue weighted by atomic mass is 9.85. The predicted octanol–water partition coefficient (Wildman–Crippen LogP) is 5.19. The van der Waals surface area contributed by atoms with Crippen molar-refractivity contribution in [3.63, 3.8) is 0 Å². The van der Waals surface area contributed by atoms with Gasteiger partial charge < -0.3 is 29.4 Å². The number of fused-ring (bicyclic) bond motifs is 1. The number of hydrogen-bond donors (Lipinski definition) is 1. The highest BCUT2D eigenvalue weighted by Gasteiger charge is 2.52. The SMILES string of the molecule is COc1ccc2c(c1)CCN([C@@H]1CCN(C(=O)OCc3ccc(Cl)c(Cl)c3)[C@](CC=O)(N3CCN(C4CCN(C)CC4)CC3)C1)C(=O)N2. The van der Waals surface area contributed by atoms with E-state index in [4.69, 9.17) is 32.7 Å². The Kier molecular flexibility index (Phi) is 11.0. The summed E-state index contributed by atoms with van der Waals surface area (Å²) in [6.07, 6.45) is 4.49. The summed E-state index contributed by atoms with van der Waals surface area (Å²) in [5.41, 5.74) is 1.56. The molecule has 0 aromatic heterocycles. The summed E-state index contributed by atoms with van der Waals surface area (Å²) in [7, 11) is 3.80. The smallest absolute Gasteiger partial charge is 0.411 e. The van der Waals surface area contributed by atoms with Crippen molar-refractivity contribution in [2.75, 3.05) is 71.8 Å². The number of nitrogens with one attached hydrogen (secondary N) is 1. The van der Waals surface area contributed by atoms with Crippen LogP contribution in [0.1, 0.15) is 43.2 Å².